The Kier molecular flexibility index (Phi) is 4.02. The second kappa shape index (κ2) is 5.85. The van der Waals surface area contributed by atoms with Crippen molar-refractivity contribution in [3.63, 3.8) is 0 Å². The van der Waals surface area contributed by atoms with Crippen LogP contribution in [0.1, 0.15) is 24.1 Å². The molecule has 0 amide bonds. The van der Waals surface area contributed by atoms with Crippen molar-refractivity contribution in [2.75, 3.05) is 29.1 Å². The van der Waals surface area contributed by atoms with Crippen LogP contribution in [-0.4, -0.2) is 33.2 Å². The molecule has 0 fully saturated rings. The van der Waals surface area contributed by atoms with Gasteiger partial charge in [0.25, 0.3) is 0 Å². The average molecular weight is 331 g/mol. The highest BCUT2D eigenvalue weighted by atomic mass is 32.2. The molecule has 0 saturated heterocycles. The summed E-state index contributed by atoms with van der Waals surface area (Å²) in [5.74, 6) is 0.0719. The van der Waals surface area contributed by atoms with E-state index in [4.69, 9.17) is 0 Å². The summed E-state index contributed by atoms with van der Waals surface area (Å²) in [5.41, 5.74) is 4.16. The van der Waals surface area contributed by atoms with Crippen molar-refractivity contribution in [2.45, 2.75) is 19.4 Å². The van der Waals surface area contributed by atoms with Gasteiger partial charge in [-0.15, -0.1) is 0 Å². The molecule has 0 saturated carbocycles. The van der Waals surface area contributed by atoms with Crippen LogP contribution >= 0.6 is 0 Å². The maximum Gasteiger partial charge on any atom is 0.234 e. The van der Waals surface area contributed by atoms with Crippen molar-refractivity contribution in [3.8, 4) is 0 Å². The number of benzene rings is 1. The first kappa shape index (κ1) is 15.8. The van der Waals surface area contributed by atoms with Crippen LogP contribution in [0.4, 0.5) is 11.4 Å². The van der Waals surface area contributed by atoms with Crippen LogP contribution in [0.5, 0.6) is 0 Å². The number of rotatable bonds is 4. The minimum Gasteiger partial charge on any atom is -0.367 e. The topological polar surface area (TPSA) is 53.5 Å². The number of nitrogens with zero attached hydrogens (tertiary/aromatic N) is 3. The largest absolute Gasteiger partial charge is 0.367 e. The summed E-state index contributed by atoms with van der Waals surface area (Å²) in [6.45, 7) is 1.64. The predicted molar refractivity (Wildman–Crippen MR) is 93.4 cm³/mol. The van der Waals surface area contributed by atoms with Crippen LogP contribution in [0.3, 0.4) is 0 Å². The number of pyridine rings is 1. The van der Waals surface area contributed by atoms with E-state index in [0.717, 1.165) is 12.0 Å². The van der Waals surface area contributed by atoms with Crippen molar-refractivity contribution in [2.24, 2.45) is 0 Å². The van der Waals surface area contributed by atoms with Crippen molar-refractivity contribution >= 4 is 21.4 Å². The molecule has 1 aromatic heterocycles. The highest BCUT2D eigenvalue weighted by molar-refractivity contribution is 7.92. The van der Waals surface area contributed by atoms with Crippen molar-refractivity contribution in [3.05, 3.63) is 53.9 Å². The molecule has 0 bridgehead atoms. The molecule has 1 aliphatic rings. The molecule has 1 aliphatic heterocycles. The number of para-hydroxylation sites is 1. The Labute approximate surface area is 137 Å². The van der Waals surface area contributed by atoms with Gasteiger partial charge in [0, 0.05) is 26.0 Å². The lowest BCUT2D eigenvalue weighted by molar-refractivity contribution is 0.595. The lowest BCUT2D eigenvalue weighted by Gasteiger charge is -2.24. The molecule has 1 atom stereocenters. The number of aromatic nitrogens is 1. The molecule has 0 spiro atoms. The van der Waals surface area contributed by atoms with Crippen molar-refractivity contribution < 1.29 is 8.42 Å². The van der Waals surface area contributed by atoms with Gasteiger partial charge in [-0.3, -0.25) is 9.29 Å². The molecule has 122 valence electrons. The van der Waals surface area contributed by atoms with Crippen LogP contribution in [0.15, 0.2) is 42.7 Å². The minimum atomic E-state index is -3.28. The first-order valence-electron chi connectivity index (χ1n) is 7.66. The third-order valence-corrected chi connectivity index (χ3v) is 6.30. The van der Waals surface area contributed by atoms with Gasteiger partial charge in [-0.2, -0.15) is 0 Å². The molecule has 1 unspecified atom stereocenters. The second-order valence-corrected chi connectivity index (χ2v) is 8.09. The Bertz CT molecular complexity index is 820. The summed E-state index contributed by atoms with van der Waals surface area (Å²) >= 11 is 0. The third-order valence-electron chi connectivity index (χ3n) is 4.53. The monoisotopic (exact) mass is 331 g/mol. The van der Waals surface area contributed by atoms with Gasteiger partial charge in [-0.1, -0.05) is 18.2 Å². The number of anilines is 2. The smallest absolute Gasteiger partial charge is 0.234 e. The Morgan fingerprint density at radius 2 is 2.04 bits per heavy atom. The fourth-order valence-corrected chi connectivity index (χ4v) is 3.84. The zero-order valence-corrected chi connectivity index (χ0v) is 14.4. The predicted octanol–water partition coefficient (Wildman–Crippen LogP) is 2.60. The van der Waals surface area contributed by atoms with E-state index in [1.165, 1.54) is 15.6 Å². The van der Waals surface area contributed by atoms with Gasteiger partial charge in [0.1, 0.15) is 0 Å². The first-order chi connectivity index (χ1) is 10.9. The highest BCUT2D eigenvalue weighted by Crippen LogP contribution is 2.39. The summed E-state index contributed by atoms with van der Waals surface area (Å²) in [6.07, 6.45) is 4.32. The number of fused-ring (bicyclic) bond motifs is 1. The molecule has 6 heteroatoms. The molecule has 1 aromatic carbocycles. The van der Waals surface area contributed by atoms with Crippen molar-refractivity contribution in [1.82, 2.24) is 4.98 Å². The fourth-order valence-electron chi connectivity index (χ4n) is 3.04. The van der Waals surface area contributed by atoms with Crippen LogP contribution in [0, 0.1) is 0 Å². The summed E-state index contributed by atoms with van der Waals surface area (Å²) in [4.78, 5) is 6.49. The average Bonchev–Trinajstić information content (AvgIpc) is 2.91. The SMILES string of the molecule is CCS(=O)(=O)N(C)c1cncc(C2Cc3ccccc3N2C)c1. The lowest BCUT2D eigenvalue weighted by atomic mass is 10.0. The Morgan fingerprint density at radius 1 is 1.30 bits per heavy atom. The maximum absolute atomic E-state index is 12.1. The zero-order chi connectivity index (χ0) is 16.6. The zero-order valence-electron chi connectivity index (χ0n) is 13.6. The maximum atomic E-state index is 12.1. The molecule has 0 radical (unpaired) electrons. The molecule has 0 N–H and O–H groups in total. The van der Waals surface area contributed by atoms with E-state index >= 15 is 0 Å². The van der Waals surface area contributed by atoms with Gasteiger partial charge in [-0.25, -0.2) is 8.42 Å². The summed E-state index contributed by atoms with van der Waals surface area (Å²) < 4.78 is 25.4. The summed E-state index contributed by atoms with van der Waals surface area (Å²) in [7, 11) is 0.362. The van der Waals surface area contributed by atoms with Crippen molar-refractivity contribution in [1.29, 1.82) is 0 Å². The van der Waals surface area contributed by atoms with Crippen LogP contribution in [0.25, 0.3) is 0 Å². The number of sulfonamides is 1. The van der Waals surface area contributed by atoms with E-state index in [1.807, 2.05) is 24.4 Å². The Balaban J connectivity index is 1.93. The standard InChI is InChI=1S/C17H21N3O2S/c1-4-23(21,22)20(3)15-9-14(11-18-12-15)17-10-13-7-5-6-8-16(13)19(17)2/h5-9,11-12,17H,4,10H2,1-3H3. The molecule has 2 heterocycles. The van der Waals surface area contributed by atoms with Crippen LogP contribution in [-0.2, 0) is 16.4 Å². The van der Waals surface area contributed by atoms with E-state index < -0.39 is 10.0 Å². The van der Waals surface area contributed by atoms with E-state index in [0.29, 0.717) is 5.69 Å². The molecular formula is C17H21N3O2S. The quantitative estimate of drug-likeness (QED) is 0.864. The fraction of sp³-hybridized carbons (Fsp3) is 0.353. The second-order valence-electron chi connectivity index (χ2n) is 5.80. The van der Waals surface area contributed by atoms with E-state index in [-0.39, 0.29) is 11.8 Å². The third kappa shape index (κ3) is 2.79. The van der Waals surface area contributed by atoms with E-state index in [1.54, 1.807) is 20.2 Å². The number of likely N-dealkylation sites (N-methyl/N-ethyl adjacent to an activating group) is 1. The molecule has 5 nitrogen and oxygen atoms in total. The highest BCUT2D eigenvalue weighted by Gasteiger charge is 2.28. The molecular weight excluding hydrogens is 310 g/mol. The Morgan fingerprint density at radius 3 is 2.74 bits per heavy atom. The van der Waals surface area contributed by atoms with Crippen LogP contribution in [0.2, 0.25) is 0 Å². The van der Waals surface area contributed by atoms with Gasteiger partial charge < -0.3 is 4.90 Å². The normalized spacial score (nSPS) is 17.2. The molecule has 3 rings (SSSR count). The van der Waals surface area contributed by atoms with Gasteiger partial charge in [0.05, 0.1) is 23.7 Å². The van der Waals surface area contributed by atoms with E-state index in [9.17, 15) is 8.42 Å². The molecule has 23 heavy (non-hydrogen) atoms. The lowest BCUT2D eigenvalue weighted by Crippen LogP contribution is -2.28. The van der Waals surface area contributed by atoms with Gasteiger partial charge in [-0.05, 0) is 36.6 Å². The molecule has 0 aliphatic carbocycles. The number of hydrogen-bond donors (Lipinski definition) is 0. The molecule has 2 aromatic rings. The first-order valence-corrected chi connectivity index (χ1v) is 9.27. The van der Waals surface area contributed by atoms with E-state index in [2.05, 4.69) is 29.1 Å². The van der Waals surface area contributed by atoms with Gasteiger partial charge in [0.15, 0.2) is 0 Å². The Hall–Kier alpha value is -2.08. The van der Waals surface area contributed by atoms with Gasteiger partial charge in [0.2, 0.25) is 10.0 Å². The summed E-state index contributed by atoms with van der Waals surface area (Å²) in [5, 5.41) is 0. The van der Waals surface area contributed by atoms with Gasteiger partial charge >= 0.3 is 0 Å². The summed E-state index contributed by atoms with van der Waals surface area (Å²) in [6, 6.07) is 10.4. The van der Waals surface area contributed by atoms with Crippen LogP contribution < -0.4 is 9.21 Å². The number of hydrogen-bond acceptors (Lipinski definition) is 4. The minimum absolute atomic E-state index is 0.0719.